The summed E-state index contributed by atoms with van der Waals surface area (Å²) >= 11 is 0. The first-order valence-corrected chi connectivity index (χ1v) is 8.95. The molecule has 0 atom stereocenters. The van der Waals surface area contributed by atoms with Gasteiger partial charge >= 0.3 is 0 Å². The quantitative estimate of drug-likeness (QED) is 0.459. The summed E-state index contributed by atoms with van der Waals surface area (Å²) in [5.74, 6) is -5.13. The molecule has 0 bridgehead atoms. The predicted octanol–water partition coefficient (Wildman–Crippen LogP) is 5.44. The van der Waals surface area contributed by atoms with E-state index in [-0.39, 0.29) is 22.0 Å². The standard InChI is InChI=1S/C23H14F3NO3/c1-12-20(28)14-8-5-9-15(22(14)30-21(12)13-6-3-2-4-7-13)23(29)27-17-11-10-16(24)18(25)19(17)26/h2-11H,1H3,(H,27,29). The minimum atomic E-state index is -1.70. The first kappa shape index (κ1) is 19.4. The molecule has 150 valence electrons. The zero-order chi connectivity index (χ0) is 21.4. The van der Waals surface area contributed by atoms with E-state index in [1.807, 2.05) is 6.07 Å². The maximum atomic E-state index is 14.0. The monoisotopic (exact) mass is 409 g/mol. The fourth-order valence-electron chi connectivity index (χ4n) is 3.17. The van der Waals surface area contributed by atoms with Crippen molar-refractivity contribution in [2.75, 3.05) is 5.32 Å². The molecule has 1 heterocycles. The third-order valence-electron chi connectivity index (χ3n) is 4.71. The molecule has 0 radical (unpaired) electrons. The molecule has 7 heteroatoms. The highest BCUT2D eigenvalue weighted by molar-refractivity contribution is 6.11. The summed E-state index contributed by atoms with van der Waals surface area (Å²) in [5.41, 5.74) is 0.129. The van der Waals surface area contributed by atoms with E-state index < -0.39 is 29.0 Å². The van der Waals surface area contributed by atoms with Gasteiger partial charge in [0, 0.05) is 11.1 Å². The van der Waals surface area contributed by atoms with E-state index in [0.29, 0.717) is 23.0 Å². The Morgan fingerprint density at radius 1 is 0.900 bits per heavy atom. The lowest BCUT2D eigenvalue weighted by Crippen LogP contribution is -2.16. The highest BCUT2D eigenvalue weighted by atomic mass is 19.2. The van der Waals surface area contributed by atoms with E-state index in [0.717, 1.165) is 6.07 Å². The molecule has 30 heavy (non-hydrogen) atoms. The van der Waals surface area contributed by atoms with Crippen molar-refractivity contribution in [2.24, 2.45) is 0 Å². The molecular formula is C23H14F3NO3. The van der Waals surface area contributed by atoms with Crippen LogP contribution in [0.5, 0.6) is 0 Å². The zero-order valence-electron chi connectivity index (χ0n) is 15.6. The molecule has 1 aromatic heterocycles. The van der Waals surface area contributed by atoms with Gasteiger partial charge in [-0.3, -0.25) is 9.59 Å². The second-order valence-electron chi connectivity index (χ2n) is 6.61. The number of carbonyl (C=O) groups is 1. The largest absolute Gasteiger partial charge is 0.455 e. The Morgan fingerprint density at radius 3 is 2.37 bits per heavy atom. The van der Waals surface area contributed by atoms with Crippen LogP contribution in [0, 0.1) is 24.4 Å². The van der Waals surface area contributed by atoms with Crippen LogP contribution >= 0.6 is 0 Å². The molecule has 0 saturated heterocycles. The molecule has 0 aliphatic carbocycles. The first-order chi connectivity index (χ1) is 14.4. The molecule has 4 rings (SSSR count). The van der Waals surface area contributed by atoms with E-state index in [1.54, 1.807) is 31.2 Å². The van der Waals surface area contributed by atoms with Crippen molar-refractivity contribution in [3.8, 4) is 11.3 Å². The lowest BCUT2D eigenvalue weighted by atomic mass is 10.0. The molecule has 4 nitrogen and oxygen atoms in total. The maximum Gasteiger partial charge on any atom is 0.259 e. The Bertz CT molecular complexity index is 1350. The van der Waals surface area contributed by atoms with Crippen LogP contribution in [0.2, 0.25) is 0 Å². The van der Waals surface area contributed by atoms with E-state index in [2.05, 4.69) is 5.32 Å². The van der Waals surface area contributed by atoms with Crippen molar-refractivity contribution in [3.63, 3.8) is 0 Å². The van der Waals surface area contributed by atoms with Gasteiger partial charge in [-0.2, -0.15) is 0 Å². The van der Waals surface area contributed by atoms with Crippen LogP contribution in [0.3, 0.4) is 0 Å². The van der Waals surface area contributed by atoms with E-state index in [4.69, 9.17) is 4.42 Å². The number of para-hydroxylation sites is 1. The van der Waals surface area contributed by atoms with Crippen molar-refractivity contribution in [1.82, 2.24) is 0 Å². The number of hydrogen-bond donors (Lipinski definition) is 1. The molecular weight excluding hydrogens is 395 g/mol. The van der Waals surface area contributed by atoms with E-state index in [9.17, 15) is 22.8 Å². The number of amides is 1. The normalized spacial score (nSPS) is 10.9. The van der Waals surface area contributed by atoms with Crippen molar-refractivity contribution in [3.05, 3.63) is 99.5 Å². The van der Waals surface area contributed by atoms with Crippen LogP contribution in [-0.2, 0) is 0 Å². The molecule has 1 N–H and O–H groups in total. The summed E-state index contributed by atoms with van der Waals surface area (Å²) in [7, 11) is 0. The van der Waals surface area contributed by atoms with Crippen molar-refractivity contribution >= 4 is 22.6 Å². The van der Waals surface area contributed by atoms with Crippen LogP contribution in [0.1, 0.15) is 15.9 Å². The Kier molecular flexibility index (Phi) is 4.87. The Hall–Kier alpha value is -3.87. The van der Waals surface area contributed by atoms with Gasteiger partial charge in [0.25, 0.3) is 5.91 Å². The number of benzene rings is 3. The Balaban J connectivity index is 1.86. The SMILES string of the molecule is Cc1c(-c2ccccc2)oc2c(C(=O)Nc3ccc(F)c(F)c3F)cccc2c1=O. The summed E-state index contributed by atoms with van der Waals surface area (Å²) in [6, 6.07) is 14.9. The fraction of sp³-hybridized carbons (Fsp3) is 0.0435. The summed E-state index contributed by atoms with van der Waals surface area (Å²) < 4.78 is 46.5. The third-order valence-corrected chi connectivity index (χ3v) is 4.71. The van der Waals surface area contributed by atoms with Gasteiger partial charge < -0.3 is 9.73 Å². The summed E-state index contributed by atoms with van der Waals surface area (Å²) in [6.45, 7) is 1.62. The minimum Gasteiger partial charge on any atom is -0.455 e. The summed E-state index contributed by atoms with van der Waals surface area (Å²) in [4.78, 5) is 25.6. The maximum absolute atomic E-state index is 14.0. The predicted molar refractivity (Wildman–Crippen MR) is 107 cm³/mol. The fourth-order valence-corrected chi connectivity index (χ4v) is 3.17. The number of fused-ring (bicyclic) bond motifs is 1. The van der Waals surface area contributed by atoms with Crippen LogP contribution in [-0.4, -0.2) is 5.91 Å². The van der Waals surface area contributed by atoms with E-state index >= 15 is 0 Å². The number of nitrogens with one attached hydrogen (secondary N) is 1. The highest BCUT2D eigenvalue weighted by Crippen LogP contribution is 2.28. The van der Waals surface area contributed by atoms with Gasteiger partial charge in [-0.15, -0.1) is 0 Å². The van der Waals surface area contributed by atoms with Crippen LogP contribution < -0.4 is 10.7 Å². The molecule has 1 amide bonds. The van der Waals surface area contributed by atoms with Gasteiger partial charge in [-0.25, -0.2) is 13.2 Å². The third kappa shape index (κ3) is 3.24. The molecule has 0 fully saturated rings. The molecule has 0 saturated carbocycles. The minimum absolute atomic E-state index is 0.00689. The van der Waals surface area contributed by atoms with Crippen molar-refractivity contribution in [2.45, 2.75) is 6.92 Å². The highest BCUT2D eigenvalue weighted by Gasteiger charge is 2.20. The number of anilines is 1. The van der Waals surface area contributed by atoms with Gasteiger partial charge in [0.1, 0.15) is 5.76 Å². The van der Waals surface area contributed by atoms with Crippen LogP contribution in [0.4, 0.5) is 18.9 Å². The number of rotatable bonds is 3. The van der Waals surface area contributed by atoms with Gasteiger partial charge in [-0.05, 0) is 31.2 Å². The Labute approximate surface area is 168 Å². The second kappa shape index (κ2) is 7.51. The Morgan fingerprint density at radius 2 is 1.63 bits per heavy atom. The van der Waals surface area contributed by atoms with E-state index in [1.165, 1.54) is 18.2 Å². The number of carbonyl (C=O) groups excluding carboxylic acids is 1. The molecule has 4 aromatic rings. The molecule has 0 spiro atoms. The van der Waals surface area contributed by atoms with Gasteiger partial charge in [-0.1, -0.05) is 36.4 Å². The van der Waals surface area contributed by atoms with Gasteiger partial charge in [0.2, 0.25) is 0 Å². The van der Waals surface area contributed by atoms with Crippen molar-refractivity contribution in [1.29, 1.82) is 0 Å². The second-order valence-corrected chi connectivity index (χ2v) is 6.61. The zero-order valence-corrected chi connectivity index (χ0v) is 15.6. The lowest BCUT2D eigenvalue weighted by Gasteiger charge is -2.11. The summed E-state index contributed by atoms with van der Waals surface area (Å²) in [6.07, 6.45) is 0. The topological polar surface area (TPSA) is 59.3 Å². The average Bonchev–Trinajstić information content (AvgIpc) is 2.76. The summed E-state index contributed by atoms with van der Waals surface area (Å²) in [5, 5.41) is 2.37. The van der Waals surface area contributed by atoms with Crippen LogP contribution in [0.15, 0.2) is 69.9 Å². The van der Waals surface area contributed by atoms with Gasteiger partial charge in [0.05, 0.1) is 16.6 Å². The lowest BCUT2D eigenvalue weighted by molar-refractivity contribution is 0.102. The first-order valence-electron chi connectivity index (χ1n) is 8.95. The molecule has 3 aromatic carbocycles. The van der Waals surface area contributed by atoms with Gasteiger partial charge in [0.15, 0.2) is 28.5 Å². The van der Waals surface area contributed by atoms with Crippen molar-refractivity contribution < 1.29 is 22.4 Å². The molecule has 0 aliphatic rings. The average molecular weight is 409 g/mol. The molecule has 0 aliphatic heterocycles. The smallest absolute Gasteiger partial charge is 0.259 e. The number of halogens is 3. The number of hydrogen-bond acceptors (Lipinski definition) is 3. The molecule has 0 unspecified atom stereocenters. The van der Waals surface area contributed by atoms with Crippen LogP contribution in [0.25, 0.3) is 22.3 Å².